The van der Waals surface area contributed by atoms with Crippen molar-refractivity contribution in [1.29, 1.82) is 5.26 Å². The highest BCUT2D eigenvalue weighted by molar-refractivity contribution is 6.01. The van der Waals surface area contributed by atoms with Gasteiger partial charge in [0.25, 0.3) is 0 Å². The average Bonchev–Trinajstić information content (AvgIpc) is 3.50. The Bertz CT molecular complexity index is 1510. The molecule has 240 valence electrons. The number of nitrogens with one attached hydrogen (secondary N) is 2. The van der Waals surface area contributed by atoms with Gasteiger partial charge in [0.1, 0.15) is 6.04 Å². The molecule has 10 nitrogen and oxygen atoms in total. The molecule has 2 atom stereocenters. The topological polar surface area (TPSA) is 124 Å². The highest BCUT2D eigenvalue weighted by atomic mass is 35.5. The molecule has 1 aliphatic carbocycles. The first-order valence-corrected chi connectivity index (χ1v) is 14.6. The first-order valence-electron chi connectivity index (χ1n) is 14.6. The standard InChI is InChI=1S/C32H35F2N5O5.ClH/c1-43-18-27-28(30(40)44-2)29(20-9-12-25(33)26(34)15-20)39(32(42)37-27)31(41)36-22-13-14-38(17-22)23-10-7-19(8-11-23)24-6-4-3-5-21(24)16-35;/h3-6,9,12,15,19,22-23,29H,7-8,10-11,13-14,17-18H2,1-2H3,(H,36,41)(H,37,42);1H/t19?,22-,23?,29?;/m1./s1. The van der Waals surface area contributed by atoms with Gasteiger partial charge in [-0.3, -0.25) is 4.90 Å². The van der Waals surface area contributed by atoms with Crippen LogP contribution in [-0.2, 0) is 14.3 Å². The molecule has 0 radical (unpaired) electrons. The number of urea groups is 2. The number of halogens is 3. The van der Waals surface area contributed by atoms with Gasteiger partial charge in [0, 0.05) is 32.3 Å². The molecule has 2 heterocycles. The van der Waals surface area contributed by atoms with Crippen LogP contribution in [0.25, 0.3) is 0 Å². The fourth-order valence-electron chi connectivity index (χ4n) is 6.67. The number of ether oxygens (including phenoxy) is 2. The zero-order chi connectivity index (χ0) is 31.4. The average molecular weight is 644 g/mol. The molecule has 1 saturated heterocycles. The minimum Gasteiger partial charge on any atom is -0.466 e. The Labute approximate surface area is 266 Å². The Morgan fingerprint density at radius 2 is 1.80 bits per heavy atom. The summed E-state index contributed by atoms with van der Waals surface area (Å²) in [7, 11) is 2.51. The van der Waals surface area contributed by atoms with Gasteiger partial charge in [-0.15, -0.1) is 12.4 Å². The van der Waals surface area contributed by atoms with Crippen LogP contribution in [0.15, 0.2) is 53.7 Å². The number of imide groups is 1. The van der Waals surface area contributed by atoms with Crippen molar-refractivity contribution in [2.75, 3.05) is 33.9 Å². The van der Waals surface area contributed by atoms with Gasteiger partial charge in [-0.25, -0.2) is 28.1 Å². The van der Waals surface area contributed by atoms with E-state index < -0.39 is 35.7 Å². The molecule has 2 N–H and O–H groups in total. The SMILES string of the molecule is COCC1=C(C(=O)OC)C(c2ccc(F)c(F)c2)N(C(=O)N[C@@H]2CCN(C3CCC(c4ccccc4C#N)CC3)C2)C(=O)N1.Cl. The predicted octanol–water partition coefficient (Wildman–Crippen LogP) is 4.91. The van der Waals surface area contributed by atoms with Crippen molar-refractivity contribution in [2.45, 2.75) is 56.1 Å². The largest absolute Gasteiger partial charge is 0.466 e. The van der Waals surface area contributed by atoms with E-state index in [1.807, 2.05) is 24.3 Å². The van der Waals surface area contributed by atoms with Gasteiger partial charge in [-0.2, -0.15) is 5.26 Å². The summed E-state index contributed by atoms with van der Waals surface area (Å²) in [5.74, 6) is -2.82. The quantitative estimate of drug-likeness (QED) is 0.411. The number of hydrogen-bond donors (Lipinski definition) is 2. The van der Waals surface area contributed by atoms with Crippen molar-refractivity contribution in [3.63, 3.8) is 0 Å². The Balaban J connectivity index is 0.00000461. The number of carbonyl (C=O) groups is 3. The van der Waals surface area contributed by atoms with E-state index in [4.69, 9.17) is 9.47 Å². The number of amides is 4. The van der Waals surface area contributed by atoms with E-state index in [-0.39, 0.29) is 41.9 Å². The van der Waals surface area contributed by atoms with Crippen LogP contribution in [-0.4, -0.2) is 73.8 Å². The maximum atomic E-state index is 14.3. The number of carbonyl (C=O) groups excluding carboxylic acids is 3. The Morgan fingerprint density at radius 1 is 1.07 bits per heavy atom. The van der Waals surface area contributed by atoms with E-state index in [0.29, 0.717) is 24.9 Å². The molecular weight excluding hydrogens is 608 g/mol. The molecule has 1 unspecified atom stereocenters. The van der Waals surface area contributed by atoms with E-state index in [9.17, 15) is 28.4 Å². The van der Waals surface area contributed by atoms with Crippen molar-refractivity contribution < 1.29 is 32.6 Å². The van der Waals surface area contributed by atoms with Crippen molar-refractivity contribution in [3.8, 4) is 6.07 Å². The third-order valence-corrected chi connectivity index (χ3v) is 8.79. The maximum Gasteiger partial charge on any atom is 0.338 e. The maximum absolute atomic E-state index is 14.3. The van der Waals surface area contributed by atoms with Crippen LogP contribution in [0.3, 0.4) is 0 Å². The summed E-state index contributed by atoms with van der Waals surface area (Å²) in [5, 5.41) is 15.0. The Hall–Kier alpha value is -4.05. The molecule has 2 aliphatic heterocycles. The van der Waals surface area contributed by atoms with Gasteiger partial charge >= 0.3 is 18.0 Å². The molecule has 5 rings (SSSR count). The lowest BCUT2D eigenvalue weighted by molar-refractivity contribution is -0.137. The fraction of sp³-hybridized carbons (Fsp3) is 0.438. The van der Waals surface area contributed by atoms with E-state index in [0.717, 1.165) is 67.5 Å². The monoisotopic (exact) mass is 643 g/mol. The van der Waals surface area contributed by atoms with E-state index in [1.165, 1.54) is 13.2 Å². The number of methoxy groups -OCH3 is 2. The van der Waals surface area contributed by atoms with Crippen LogP contribution in [0.1, 0.15) is 60.8 Å². The summed E-state index contributed by atoms with van der Waals surface area (Å²) in [6, 6.07) is 10.0. The van der Waals surface area contributed by atoms with Crippen LogP contribution in [0.4, 0.5) is 18.4 Å². The first-order chi connectivity index (χ1) is 21.2. The second-order valence-electron chi connectivity index (χ2n) is 11.3. The van der Waals surface area contributed by atoms with Gasteiger partial charge in [-0.05, 0) is 67.3 Å². The molecule has 4 amide bonds. The predicted molar refractivity (Wildman–Crippen MR) is 162 cm³/mol. The normalized spacial score (nSPS) is 23.5. The molecule has 1 saturated carbocycles. The summed E-state index contributed by atoms with van der Waals surface area (Å²) in [6.07, 6.45) is 4.52. The van der Waals surface area contributed by atoms with Crippen LogP contribution in [0, 0.1) is 23.0 Å². The second kappa shape index (κ2) is 14.8. The fourth-order valence-corrected chi connectivity index (χ4v) is 6.67. The molecule has 2 aromatic carbocycles. The van der Waals surface area contributed by atoms with Gasteiger partial charge in [0.2, 0.25) is 0 Å². The number of esters is 1. The highest BCUT2D eigenvalue weighted by Crippen LogP contribution is 2.38. The molecule has 2 aromatic rings. The van der Waals surface area contributed by atoms with E-state index >= 15 is 0 Å². The zero-order valence-corrected chi connectivity index (χ0v) is 25.9. The van der Waals surface area contributed by atoms with Gasteiger partial charge in [-0.1, -0.05) is 24.3 Å². The Kier molecular flexibility index (Phi) is 11.1. The summed E-state index contributed by atoms with van der Waals surface area (Å²) >= 11 is 0. The lowest BCUT2D eigenvalue weighted by atomic mass is 9.80. The second-order valence-corrected chi connectivity index (χ2v) is 11.3. The highest BCUT2D eigenvalue weighted by Gasteiger charge is 2.44. The molecule has 0 spiro atoms. The number of likely N-dealkylation sites (tertiary alicyclic amines) is 1. The molecule has 0 bridgehead atoms. The number of benzene rings is 2. The number of rotatable bonds is 7. The molecule has 45 heavy (non-hydrogen) atoms. The van der Waals surface area contributed by atoms with Crippen molar-refractivity contribution >= 4 is 30.4 Å². The summed E-state index contributed by atoms with van der Waals surface area (Å²) in [6.45, 7) is 1.16. The van der Waals surface area contributed by atoms with Gasteiger partial charge in [0.05, 0.1) is 36.6 Å². The summed E-state index contributed by atoms with van der Waals surface area (Å²) < 4.78 is 38.3. The first kappa shape index (κ1) is 33.8. The van der Waals surface area contributed by atoms with Crippen molar-refractivity contribution in [2.24, 2.45) is 0 Å². The molecule has 2 fully saturated rings. The van der Waals surface area contributed by atoms with Gasteiger partial charge < -0.3 is 20.1 Å². The third-order valence-electron chi connectivity index (χ3n) is 8.79. The smallest absolute Gasteiger partial charge is 0.338 e. The number of nitriles is 1. The van der Waals surface area contributed by atoms with Crippen LogP contribution >= 0.6 is 12.4 Å². The summed E-state index contributed by atoms with van der Waals surface area (Å²) in [5.41, 5.74) is 1.78. The van der Waals surface area contributed by atoms with E-state index in [1.54, 1.807) is 0 Å². The number of nitrogens with zero attached hydrogens (tertiary/aromatic N) is 3. The minimum absolute atomic E-state index is 0. The van der Waals surface area contributed by atoms with Crippen molar-refractivity contribution in [3.05, 3.63) is 82.1 Å². The van der Waals surface area contributed by atoms with E-state index in [2.05, 4.69) is 21.6 Å². The molecular formula is C32H36ClF2N5O5. The number of hydrogen-bond acceptors (Lipinski definition) is 7. The lowest BCUT2D eigenvalue weighted by Crippen LogP contribution is -2.56. The van der Waals surface area contributed by atoms with Crippen LogP contribution < -0.4 is 10.6 Å². The molecule has 0 aromatic heterocycles. The van der Waals surface area contributed by atoms with Gasteiger partial charge in [0.15, 0.2) is 11.6 Å². The zero-order valence-electron chi connectivity index (χ0n) is 25.1. The van der Waals surface area contributed by atoms with Crippen LogP contribution in [0.2, 0.25) is 0 Å². The third kappa shape index (κ3) is 7.11. The lowest BCUT2D eigenvalue weighted by Gasteiger charge is -2.37. The van der Waals surface area contributed by atoms with Crippen molar-refractivity contribution in [1.82, 2.24) is 20.4 Å². The molecule has 3 aliphatic rings. The summed E-state index contributed by atoms with van der Waals surface area (Å²) in [4.78, 5) is 43.1. The Morgan fingerprint density at radius 3 is 2.47 bits per heavy atom. The minimum atomic E-state index is -1.39. The molecule has 13 heteroatoms. The van der Waals surface area contributed by atoms with Crippen LogP contribution in [0.5, 0.6) is 0 Å².